The molecule has 9 nitrogen and oxygen atoms in total. The van der Waals surface area contributed by atoms with Crippen LogP contribution in [0.1, 0.15) is 70.9 Å². The molecular weight excluding hydrogens is 592 g/mol. The topological polar surface area (TPSA) is 133 Å². The van der Waals surface area contributed by atoms with Gasteiger partial charge in [0.1, 0.15) is 45.4 Å². The van der Waals surface area contributed by atoms with Crippen LogP contribution >= 0.6 is 0 Å². The monoisotopic (exact) mass is 632 g/mol. The molecule has 0 fully saturated rings. The number of carbonyl (C=O) groups excluding carboxylic acids is 1. The molecule has 238 valence electrons. The van der Waals surface area contributed by atoms with Gasteiger partial charge in [0.05, 0.1) is 6.42 Å². The molecular formula is C35H40N2O7S. The van der Waals surface area contributed by atoms with E-state index in [-0.39, 0.29) is 19.6 Å². The van der Waals surface area contributed by atoms with Crippen LogP contribution in [0.25, 0.3) is 22.1 Å². The Morgan fingerprint density at radius 1 is 0.978 bits per heavy atom. The number of rotatable bonds is 10. The van der Waals surface area contributed by atoms with Gasteiger partial charge in [-0.15, -0.1) is 0 Å². The maximum atomic E-state index is 12.7. The number of carboxylic acid groups (broad SMARTS) is 1. The predicted octanol–water partition coefficient (Wildman–Crippen LogP) is 7.60. The lowest BCUT2D eigenvalue weighted by molar-refractivity contribution is -0.136. The van der Waals surface area contributed by atoms with Crippen LogP contribution in [0.15, 0.2) is 75.5 Å². The molecule has 1 heterocycles. The first-order valence-corrected chi connectivity index (χ1v) is 15.7. The average Bonchev–Trinajstić information content (AvgIpc) is 3.38. The molecule has 0 radical (unpaired) electrons. The highest BCUT2D eigenvalue weighted by atomic mass is 32.2. The Morgan fingerprint density at radius 2 is 1.71 bits per heavy atom. The molecule has 0 bridgehead atoms. The van der Waals surface area contributed by atoms with Crippen LogP contribution in [0, 0.1) is 0 Å². The molecule has 1 amide bonds. The van der Waals surface area contributed by atoms with E-state index in [9.17, 15) is 19.2 Å². The third-order valence-electron chi connectivity index (χ3n) is 6.56. The molecule has 0 spiro atoms. The van der Waals surface area contributed by atoms with E-state index in [1.165, 1.54) is 0 Å². The SMILES string of the molecule is C/C(=N/[S+]([O-])C(C)(C)C)c1cc2cc(COc3ccccc3CC(=O)O)cc(-c3cccc(CNC(=O)OC(C)(C)C)c3)c2o1. The number of para-hydroxylation sites is 1. The van der Waals surface area contributed by atoms with Crippen molar-refractivity contribution in [3.05, 3.63) is 89.2 Å². The minimum absolute atomic E-state index is 0.149. The number of fused-ring (bicyclic) bond motifs is 1. The van der Waals surface area contributed by atoms with Gasteiger partial charge in [-0.2, -0.15) is 0 Å². The molecule has 0 aliphatic rings. The second-order valence-electron chi connectivity index (χ2n) is 12.7. The van der Waals surface area contributed by atoms with Crippen LogP contribution in [0.2, 0.25) is 0 Å². The number of aliphatic carboxylic acids is 1. The summed E-state index contributed by atoms with van der Waals surface area (Å²) in [5, 5.41) is 12.9. The summed E-state index contributed by atoms with van der Waals surface area (Å²) in [5.41, 5.74) is 4.45. The summed E-state index contributed by atoms with van der Waals surface area (Å²) in [5.74, 6) is 0.0555. The number of nitrogens with zero attached hydrogens (tertiary/aromatic N) is 1. The van der Waals surface area contributed by atoms with Gasteiger partial charge in [0.15, 0.2) is 5.76 Å². The van der Waals surface area contributed by atoms with E-state index in [0.717, 1.165) is 27.6 Å². The Labute approximate surface area is 267 Å². The molecule has 1 atom stereocenters. The number of carboxylic acids is 1. The van der Waals surface area contributed by atoms with E-state index in [1.54, 1.807) is 31.2 Å². The van der Waals surface area contributed by atoms with Crippen molar-refractivity contribution in [1.82, 2.24) is 5.32 Å². The van der Waals surface area contributed by atoms with Gasteiger partial charge >= 0.3 is 12.1 Å². The summed E-state index contributed by atoms with van der Waals surface area (Å²) in [6, 6.07) is 20.6. The third kappa shape index (κ3) is 9.36. The highest BCUT2D eigenvalue weighted by Crippen LogP contribution is 2.34. The van der Waals surface area contributed by atoms with Gasteiger partial charge < -0.3 is 28.9 Å². The molecule has 0 aliphatic heterocycles. The van der Waals surface area contributed by atoms with E-state index in [0.29, 0.717) is 28.4 Å². The number of amides is 1. The summed E-state index contributed by atoms with van der Waals surface area (Å²) in [6.45, 7) is 13.2. The Bertz CT molecular complexity index is 1710. The molecule has 45 heavy (non-hydrogen) atoms. The zero-order chi connectivity index (χ0) is 32.9. The lowest BCUT2D eigenvalue weighted by Gasteiger charge is -2.19. The van der Waals surface area contributed by atoms with Crippen LogP contribution in [-0.4, -0.2) is 37.8 Å². The van der Waals surface area contributed by atoms with Crippen LogP contribution in [0.4, 0.5) is 4.79 Å². The fraction of sp³-hybridized carbons (Fsp3) is 0.343. The predicted molar refractivity (Wildman–Crippen MR) is 177 cm³/mol. The molecule has 0 saturated heterocycles. The highest BCUT2D eigenvalue weighted by Gasteiger charge is 2.27. The maximum Gasteiger partial charge on any atom is 0.407 e. The average molecular weight is 633 g/mol. The normalized spacial score (nSPS) is 13.0. The van der Waals surface area contributed by atoms with E-state index < -0.39 is 33.8 Å². The lowest BCUT2D eigenvalue weighted by Crippen LogP contribution is -2.32. The Balaban J connectivity index is 1.72. The van der Waals surface area contributed by atoms with Crippen LogP contribution < -0.4 is 10.1 Å². The molecule has 0 aliphatic carbocycles. The number of carbonyl (C=O) groups is 2. The van der Waals surface area contributed by atoms with E-state index >= 15 is 0 Å². The summed E-state index contributed by atoms with van der Waals surface area (Å²) < 4.78 is 34.4. The van der Waals surface area contributed by atoms with Gasteiger partial charge in [0.2, 0.25) is 0 Å². The van der Waals surface area contributed by atoms with Crippen LogP contribution in [0.3, 0.4) is 0 Å². The van der Waals surface area contributed by atoms with Gasteiger partial charge in [-0.05, 0) is 95.5 Å². The van der Waals surface area contributed by atoms with Crippen molar-refractivity contribution in [2.24, 2.45) is 4.40 Å². The Kier molecular flexibility index (Phi) is 10.3. The summed E-state index contributed by atoms with van der Waals surface area (Å²) >= 11 is -1.46. The quantitative estimate of drug-likeness (QED) is 0.136. The van der Waals surface area contributed by atoms with Crippen molar-refractivity contribution in [1.29, 1.82) is 0 Å². The summed E-state index contributed by atoms with van der Waals surface area (Å²) in [4.78, 5) is 23.6. The molecule has 1 unspecified atom stereocenters. The van der Waals surface area contributed by atoms with Crippen molar-refractivity contribution in [2.75, 3.05) is 0 Å². The molecule has 0 saturated carbocycles. The first-order chi connectivity index (χ1) is 21.1. The maximum absolute atomic E-state index is 12.7. The summed E-state index contributed by atoms with van der Waals surface area (Å²) in [7, 11) is 0. The fourth-order valence-corrected chi connectivity index (χ4v) is 5.06. The van der Waals surface area contributed by atoms with Crippen LogP contribution in [0.5, 0.6) is 5.75 Å². The minimum atomic E-state index is -1.46. The van der Waals surface area contributed by atoms with Crippen molar-refractivity contribution < 1.29 is 33.1 Å². The van der Waals surface area contributed by atoms with E-state index in [2.05, 4.69) is 9.71 Å². The Morgan fingerprint density at radius 3 is 2.40 bits per heavy atom. The number of furan rings is 1. The Hall–Kier alpha value is -4.28. The number of hydrogen-bond donors (Lipinski definition) is 2. The first-order valence-electron chi connectivity index (χ1n) is 14.6. The van der Waals surface area contributed by atoms with Crippen molar-refractivity contribution >= 4 is 40.1 Å². The minimum Gasteiger partial charge on any atom is -0.591 e. The van der Waals surface area contributed by atoms with Gasteiger partial charge in [-0.25, -0.2) is 4.79 Å². The number of hydrogen-bond acceptors (Lipinski definition) is 7. The van der Waals surface area contributed by atoms with Crippen molar-refractivity contribution in [3.8, 4) is 16.9 Å². The summed E-state index contributed by atoms with van der Waals surface area (Å²) in [6.07, 6.45) is -0.653. The lowest BCUT2D eigenvalue weighted by atomic mass is 9.99. The van der Waals surface area contributed by atoms with Gasteiger partial charge in [0.25, 0.3) is 0 Å². The smallest absolute Gasteiger partial charge is 0.407 e. The van der Waals surface area contributed by atoms with E-state index in [1.807, 2.05) is 84.0 Å². The number of benzene rings is 3. The fourth-order valence-electron chi connectivity index (χ4n) is 4.45. The largest absolute Gasteiger partial charge is 0.591 e. The number of alkyl carbamates (subject to hydrolysis) is 1. The number of nitrogens with one attached hydrogen (secondary N) is 1. The van der Waals surface area contributed by atoms with Crippen molar-refractivity contribution in [3.63, 3.8) is 0 Å². The number of ether oxygens (including phenoxy) is 2. The van der Waals surface area contributed by atoms with Crippen molar-refractivity contribution in [2.45, 2.75) is 78.4 Å². The molecule has 3 aromatic carbocycles. The molecule has 1 aromatic heterocycles. The van der Waals surface area contributed by atoms with Gasteiger partial charge in [-0.1, -0.05) is 40.8 Å². The second kappa shape index (κ2) is 13.8. The zero-order valence-electron chi connectivity index (χ0n) is 26.7. The molecule has 4 rings (SSSR count). The highest BCUT2D eigenvalue weighted by molar-refractivity contribution is 7.91. The van der Waals surface area contributed by atoms with Gasteiger partial charge in [-0.3, -0.25) is 4.79 Å². The standard InChI is InChI=1S/C35H40N2O7S/c1-22(37-45(41)35(5,6)7)30-18-27-16-24(21-42-29-14-9-8-12-26(29)19-31(38)39)17-28(32(27)43-30)25-13-10-11-23(15-25)20-36-33(40)44-34(2,3)4/h8-18H,19-21H2,1-7H3,(H,36,40)(H,38,39)/b37-22-. The van der Waals surface area contributed by atoms with Gasteiger partial charge in [0, 0.05) is 23.1 Å². The molecule has 4 aromatic rings. The zero-order valence-corrected chi connectivity index (χ0v) is 27.5. The van der Waals surface area contributed by atoms with E-state index in [4.69, 9.17) is 13.9 Å². The third-order valence-corrected chi connectivity index (χ3v) is 8.05. The molecule has 2 N–H and O–H groups in total. The second-order valence-corrected chi connectivity index (χ2v) is 14.6. The first kappa shape index (κ1) is 33.6. The molecule has 10 heteroatoms. The van der Waals surface area contributed by atoms with Crippen LogP contribution in [-0.2, 0) is 40.5 Å².